The third kappa shape index (κ3) is 3.83. The number of carbonyl (C=O) groups is 2. The molecule has 0 fully saturated rings. The van der Waals surface area contributed by atoms with Crippen molar-refractivity contribution in [2.45, 2.75) is 6.42 Å². The number of benzene rings is 2. The zero-order valence-corrected chi connectivity index (χ0v) is 15.4. The lowest BCUT2D eigenvalue weighted by Gasteiger charge is -2.10. The van der Waals surface area contributed by atoms with Crippen molar-refractivity contribution in [1.29, 1.82) is 0 Å². The molecular formula is C19H17ClN2O2S. The number of hydrogen-bond acceptors (Lipinski definition) is 3. The van der Waals surface area contributed by atoms with Gasteiger partial charge in [-0.3, -0.25) is 9.59 Å². The van der Waals surface area contributed by atoms with E-state index in [4.69, 9.17) is 11.6 Å². The largest absolute Gasteiger partial charge is 0.349 e. The lowest BCUT2D eigenvalue weighted by Crippen LogP contribution is -2.23. The molecule has 3 rings (SSSR count). The van der Waals surface area contributed by atoms with Crippen molar-refractivity contribution in [2.24, 2.45) is 0 Å². The molecule has 25 heavy (non-hydrogen) atoms. The van der Waals surface area contributed by atoms with Gasteiger partial charge in [0.1, 0.15) is 4.88 Å². The van der Waals surface area contributed by atoms with Crippen molar-refractivity contribution in [1.82, 2.24) is 4.90 Å². The first kappa shape index (κ1) is 17.5. The van der Waals surface area contributed by atoms with E-state index in [1.807, 2.05) is 36.4 Å². The van der Waals surface area contributed by atoms with Gasteiger partial charge in [-0.1, -0.05) is 41.9 Å². The first-order valence-corrected chi connectivity index (χ1v) is 8.92. The molecule has 3 aromatic rings. The van der Waals surface area contributed by atoms with Crippen LogP contribution in [0.15, 0.2) is 48.5 Å². The van der Waals surface area contributed by atoms with Crippen LogP contribution in [0.5, 0.6) is 0 Å². The van der Waals surface area contributed by atoms with E-state index in [9.17, 15) is 9.59 Å². The molecule has 0 radical (unpaired) electrons. The number of fused-ring (bicyclic) bond motifs is 1. The van der Waals surface area contributed by atoms with Crippen LogP contribution in [0.25, 0.3) is 10.1 Å². The van der Waals surface area contributed by atoms with Crippen LogP contribution < -0.4 is 5.32 Å². The van der Waals surface area contributed by atoms with Crippen LogP contribution in [0.4, 0.5) is 5.69 Å². The van der Waals surface area contributed by atoms with E-state index in [-0.39, 0.29) is 11.8 Å². The lowest BCUT2D eigenvalue weighted by molar-refractivity contribution is -0.127. The highest BCUT2D eigenvalue weighted by Crippen LogP contribution is 2.35. The first-order valence-electron chi connectivity index (χ1n) is 7.73. The Morgan fingerprint density at radius 3 is 2.40 bits per heavy atom. The molecule has 0 spiro atoms. The lowest BCUT2D eigenvalue weighted by atomic mass is 10.1. The summed E-state index contributed by atoms with van der Waals surface area (Å²) >= 11 is 7.71. The fourth-order valence-corrected chi connectivity index (χ4v) is 3.80. The highest BCUT2D eigenvalue weighted by atomic mass is 35.5. The summed E-state index contributed by atoms with van der Waals surface area (Å²) in [5.74, 6) is -0.197. The summed E-state index contributed by atoms with van der Waals surface area (Å²) in [5.41, 5.74) is 1.57. The Labute approximate surface area is 155 Å². The molecule has 2 amide bonds. The third-order valence-corrected chi connectivity index (χ3v) is 5.48. The summed E-state index contributed by atoms with van der Waals surface area (Å²) in [6.07, 6.45) is 0.337. The Morgan fingerprint density at radius 1 is 1.08 bits per heavy atom. The van der Waals surface area contributed by atoms with E-state index in [0.717, 1.165) is 15.6 Å². The standard InChI is InChI=1S/C19H17ClN2O2S/c1-22(2)16(23)11-12-7-9-13(10-8-12)21-19(24)18-17(20)14-5-3-4-6-15(14)25-18/h3-10H,11H2,1-2H3,(H,21,24). The van der Waals surface area contributed by atoms with Gasteiger partial charge in [-0.2, -0.15) is 0 Å². The molecule has 0 aliphatic carbocycles. The van der Waals surface area contributed by atoms with Crippen molar-refractivity contribution in [3.63, 3.8) is 0 Å². The average molecular weight is 373 g/mol. The first-order chi connectivity index (χ1) is 12.0. The monoisotopic (exact) mass is 372 g/mol. The summed E-state index contributed by atoms with van der Waals surface area (Å²) in [4.78, 5) is 26.3. The van der Waals surface area contributed by atoms with Crippen molar-refractivity contribution in [3.8, 4) is 0 Å². The van der Waals surface area contributed by atoms with Gasteiger partial charge in [0.25, 0.3) is 5.91 Å². The molecule has 0 unspecified atom stereocenters. The second kappa shape index (κ2) is 7.25. The molecule has 0 saturated heterocycles. The molecule has 0 bridgehead atoms. The van der Waals surface area contributed by atoms with E-state index in [1.165, 1.54) is 11.3 Å². The van der Waals surface area contributed by atoms with Gasteiger partial charge >= 0.3 is 0 Å². The minimum atomic E-state index is -0.233. The highest BCUT2D eigenvalue weighted by Gasteiger charge is 2.17. The quantitative estimate of drug-likeness (QED) is 0.736. The Balaban J connectivity index is 1.74. The predicted octanol–water partition coefficient (Wildman–Crippen LogP) is 4.44. The molecule has 0 saturated carbocycles. The van der Waals surface area contributed by atoms with Gasteiger partial charge in [-0.05, 0) is 23.8 Å². The molecule has 2 aromatic carbocycles. The van der Waals surface area contributed by atoms with Gasteiger partial charge in [0.15, 0.2) is 0 Å². The number of thiophene rings is 1. The zero-order chi connectivity index (χ0) is 18.0. The predicted molar refractivity (Wildman–Crippen MR) is 104 cm³/mol. The SMILES string of the molecule is CN(C)C(=O)Cc1ccc(NC(=O)c2sc3ccccc3c2Cl)cc1. The van der Waals surface area contributed by atoms with Crippen LogP contribution in [-0.4, -0.2) is 30.8 Å². The summed E-state index contributed by atoms with van der Waals surface area (Å²) in [6.45, 7) is 0. The maximum absolute atomic E-state index is 12.5. The topological polar surface area (TPSA) is 49.4 Å². The van der Waals surface area contributed by atoms with Crippen molar-refractivity contribution < 1.29 is 9.59 Å². The number of hydrogen-bond donors (Lipinski definition) is 1. The smallest absolute Gasteiger partial charge is 0.267 e. The molecule has 0 atom stereocenters. The number of likely N-dealkylation sites (N-methyl/N-ethyl adjacent to an activating group) is 1. The van der Waals surface area contributed by atoms with E-state index in [1.54, 1.807) is 31.1 Å². The molecule has 6 heteroatoms. The number of rotatable bonds is 4. The van der Waals surface area contributed by atoms with Crippen molar-refractivity contribution in [3.05, 3.63) is 64.0 Å². The van der Waals surface area contributed by atoms with Crippen LogP contribution in [0.1, 0.15) is 15.2 Å². The van der Waals surface area contributed by atoms with Crippen LogP contribution >= 0.6 is 22.9 Å². The fourth-order valence-electron chi connectivity index (χ4n) is 2.39. The highest BCUT2D eigenvalue weighted by molar-refractivity contribution is 7.21. The third-order valence-electron chi connectivity index (χ3n) is 3.81. The van der Waals surface area contributed by atoms with Gasteiger partial charge < -0.3 is 10.2 Å². The second-order valence-electron chi connectivity index (χ2n) is 5.86. The zero-order valence-electron chi connectivity index (χ0n) is 13.9. The van der Waals surface area contributed by atoms with Gasteiger partial charge in [0.2, 0.25) is 5.91 Å². The maximum atomic E-state index is 12.5. The Kier molecular flexibility index (Phi) is 5.06. The van der Waals surface area contributed by atoms with Gasteiger partial charge in [-0.25, -0.2) is 0 Å². The van der Waals surface area contributed by atoms with Crippen LogP contribution in [-0.2, 0) is 11.2 Å². The van der Waals surface area contributed by atoms with Crippen LogP contribution in [0, 0.1) is 0 Å². The van der Waals surface area contributed by atoms with Crippen molar-refractivity contribution in [2.75, 3.05) is 19.4 Å². The number of nitrogens with one attached hydrogen (secondary N) is 1. The Hall–Kier alpha value is -2.37. The number of nitrogens with zero attached hydrogens (tertiary/aromatic N) is 1. The molecule has 1 N–H and O–H groups in total. The number of anilines is 1. The number of halogens is 1. The molecule has 4 nitrogen and oxygen atoms in total. The second-order valence-corrected chi connectivity index (χ2v) is 7.29. The summed E-state index contributed by atoms with van der Waals surface area (Å²) < 4.78 is 0.982. The molecule has 1 heterocycles. The van der Waals surface area contributed by atoms with Crippen LogP contribution in [0.3, 0.4) is 0 Å². The minimum Gasteiger partial charge on any atom is -0.349 e. The van der Waals surface area contributed by atoms with E-state index < -0.39 is 0 Å². The van der Waals surface area contributed by atoms with Crippen LogP contribution in [0.2, 0.25) is 5.02 Å². The molecule has 128 valence electrons. The Morgan fingerprint density at radius 2 is 1.76 bits per heavy atom. The number of carbonyl (C=O) groups excluding carboxylic acids is 2. The van der Waals surface area contributed by atoms with E-state index >= 15 is 0 Å². The summed E-state index contributed by atoms with van der Waals surface area (Å²) in [7, 11) is 3.46. The van der Waals surface area contributed by atoms with Gasteiger partial charge in [-0.15, -0.1) is 11.3 Å². The number of amides is 2. The Bertz CT molecular complexity index is 932. The molecule has 0 aliphatic rings. The maximum Gasteiger partial charge on any atom is 0.267 e. The van der Waals surface area contributed by atoms with E-state index in [2.05, 4.69) is 5.32 Å². The summed E-state index contributed by atoms with van der Waals surface area (Å²) in [5, 5.41) is 4.22. The average Bonchev–Trinajstić information content (AvgIpc) is 2.94. The molecule has 1 aromatic heterocycles. The molecular weight excluding hydrogens is 356 g/mol. The van der Waals surface area contributed by atoms with E-state index in [0.29, 0.717) is 22.0 Å². The fraction of sp³-hybridized carbons (Fsp3) is 0.158. The van der Waals surface area contributed by atoms with Crippen molar-refractivity contribution >= 4 is 50.5 Å². The normalized spacial score (nSPS) is 10.7. The molecule has 0 aliphatic heterocycles. The summed E-state index contributed by atoms with van der Waals surface area (Å²) in [6, 6.07) is 14.9. The minimum absolute atomic E-state index is 0.0360. The van der Waals surface area contributed by atoms with Gasteiger partial charge in [0, 0.05) is 29.9 Å². The van der Waals surface area contributed by atoms with Gasteiger partial charge in [0.05, 0.1) is 11.4 Å².